The van der Waals surface area contributed by atoms with E-state index in [9.17, 15) is 4.79 Å². The van der Waals surface area contributed by atoms with E-state index in [2.05, 4.69) is 19.9 Å². The monoisotopic (exact) mass is 254 g/mol. The second kappa shape index (κ2) is 4.21. The number of aryl methyl sites for hydroxylation is 2. The van der Waals surface area contributed by atoms with E-state index >= 15 is 0 Å². The molecule has 0 saturated carbocycles. The van der Waals surface area contributed by atoms with Gasteiger partial charge in [-0.15, -0.1) is 11.3 Å². The summed E-state index contributed by atoms with van der Waals surface area (Å²) in [6.45, 7) is 4.19. The lowest BCUT2D eigenvalue weighted by atomic mass is 10.1. The van der Waals surface area contributed by atoms with Crippen LogP contribution in [0.3, 0.4) is 0 Å². The van der Waals surface area contributed by atoms with E-state index in [1.54, 1.807) is 11.3 Å². The molecule has 0 amide bonds. The van der Waals surface area contributed by atoms with Crippen LogP contribution in [0.1, 0.15) is 18.1 Å². The highest BCUT2D eigenvalue weighted by atomic mass is 32.1. The molecule has 3 aromatic rings. The first-order chi connectivity index (χ1) is 8.70. The highest BCUT2D eigenvalue weighted by Crippen LogP contribution is 2.28. The predicted molar refractivity (Wildman–Crippen MR) is 79.7 cm³/mol. The molecule has 0 unspecified atom stereocenters. The molecule has 1 nitrogen and oxygen atoms in total. The number of benzene rings is 2. The van der Waals surface area contributed by atoms with Crippen molar-refractivity contribution in [2.45, 2.75) is 20.3 Å². The minimum Gasteiger partial charge on any atom is -0.289 e. The van der Waals surface area contributed by atoms with E-state index in [-0.39, 0.29) is 5.43 Å². The molecule has 2 aromatic carbocycles. The lowest BCUT2D eigenvalue weighted by molar-refractivity contribution is 1.16. The van der Waals surface area contributed by atoms with Crippen molar-refractivity contribution in [1.29, 1.82) is 0 Å². The fourth-order valence-corrected chi connectivity index (χ4v) is 3.63. The van der Waals surface area contributed by atoms with Crippen LogP contribution in [0.25, 0.3) is 20.2 Å². The zero-order chi connectivity index (χ0) is 12.7. The predicted octanol–water partition coefficient (Wildman–Crippen LogP) is 4.29. The van der Waals surface area contributed by atoms with Crippen LogP contribution in [0, 0.1) is 6.92 Å². The molecule has 0 radical (unpaired) electrons. The van der Waals surface area contributed by atoms with Crippen molar-refractivity contribution in [3.05, 3.63) is 57.7 Å². The number of hydrogen-bond donors (Lipinski definition) is 0. The fraction of sp³-hybridized carbons (Fsp3) is 0.188. The third-order valence-electron chi connectivity index (χ3n) is 3.28. The maximum atomic E-state index is 12.5. The lowest BCUT2D eigenvalue weighted by Crippen LogP contribution is -2.02. The van der Waals surface area contributed by atoms with Crippen LogP contribution in [0.15, 0.2) is 41.2 Å². The first kappa shape index (κ1) is 11.4. The first-order valence-electron chi connectivity index (χ1n) is 6.16. The van der Waals surface area contributed by atoms with Gasteiger partial charge < -0.3 is 0 Å². The third kappa shape index (κ3) is 1.65. The molecule has 0 fully saturated rings. The summed E-state index contributed by atoms with van der Waals surface area (Å²) in [5, 5.41) is 1.71. The SMILES string of the molecule is CCc1cc(C)cc2c(=O)c3ccccc3sc12. The molecule has 18 heavy (non-hydrogen) atoms. The van der Waals surface area contributed by atoms with Crippen LogP contribution in [-0.4, -0.2) is 0 Å². The largest absolute Gasteiger partial charge is 0.289 e. The van der Waals surface area contributed by atoms with E-state index in [0.29, 0.717) is 0 Å². The highest BCUT2D eigenvalue weighted by molar-refractivity contribution is 7.24. The van der Waals surface area contributed by atoms with Gasteiger partial charge in [0.25, 0.3) is 0 Å². The molecular weight excluding hydrogens is 240 g/mol. The smallest absolute Gasteiger partial charge is 0.195 e. The average Bonchev–Trinajstić information content (AvgIpc) is 2.39. The Morgan fingerprint density at radius 3 is 2.67 bits per heavy atom. The summed E-state index contributed by atoms with van der Waals surface area (Å²) in [6.07, 6.45) is 0.965. The van der Waals surface area contributed by atoms with Gasteiger partial charge in [-0.3, -0.25) is 4.79 Å². The molecule has 2 heteroatoms. The van der Waals surface area contributed by atoms with Gasteiger partial charge in [-0.1, -0.05) is 30.7 Å². The van der Waals surface area contributed by atoms with Gasteiger partial charge >= 0.3 is 0 Å². The Hall–Kier alpha value is -1.67. The summed E-state index contributed by atoms with van der Waals surface area (Å²) in [5.74, 6) is 0. The third-order valence-corrected chi connectivity index (χ3v) is 4.54. The van der Waals surface area contributed by atoms with Gasteiger partial charge in [0, 0.05) is 20.2 Å². The van der Waals surface area contributed by atoms with Crippen molar-refractivity contribution in [3.63, 3.8) is 0 Å². The Bertz CT molecular complexity index is 799. The molecule has 1 heterocycles. The standard InChI is InChI=1S/C16H14OS/c1-3-11-8-10(2)9-13-15(17)12-6-4-5-7-14(12)18-16(11)13/h4-9H,3H2,1-2H3. The van der Waals surface area contributed by atoms with Gasteiger partial charge in [0.1, 0.15) is 0 Å². The zero-order valence-electron chi connectivity index (χ0n) is 10.5. The van der Waals surface area contributed by atoms with Crippen LogP contribution >= 0.6 is 11.3 Å². The van der Waals surface area contributed by atoms with E-state index in [1.807, 2.05) is 30.3 Å². The van der Waals surface area contributed by atoms with E-state index in [0.717, 1.165) is 26.6 Å². The molecule has 0 aliphatic carbocycles. The van der Waals surface area contributed by atoms with Gasteiger partial charge in [-0.2, -0.15) is 0 Å². The minimum atomic E-state index is 0.165. The maximum absolute atomic E-state index is 12.5. The Balaban J connectivity index is 2.59. The average molecular weight is 254 g/mol. The van der Waals surface area contributed by atoms with Crippen LogP contribution in [0.2, 0.25) is 0 Å². The Morgan fingerprint density at radius 2 is 1.89 bits per heavy atom. The summed E-state index contributed by atoms with van der Waals surface area (Å²) in [7, 11) is 0. The summed E-state index contributed by atoms with van der Waals surface area (Å²) in [4.78, 5) is 12.5. The van der Waals surface area contributed by atoms with Crippen molar-refractivity contribution in [2.24, 2.45) is 0 Å². The maximum Gasteiger partial charge on any atom is 0.195 e. The quantitative estimate of drug-likeness (QED) is 0.592. The number of fused-ring (bicyclic) bond motifs is 2. The molecule has 0 bridgehead atoms. The van der Waals surface area contributed by atoms with E-state index in [4.69, 9.17) is 0 Å². The second-order valence-corrected chi connectivity index (χ2v) is 5.63. The molecule has 3 rings (SSSR count). The molecule has 0 atom stereocenters. The summed E-state index contributed by atoms with van der Waals surface area (Å²) >= 11 is 1.73. The highest BCUT2D eigenvalue weighted by Gasteiger charge is 2.09. The number of rotatable bonds is 1. The van der Waals surface area contributed by atoms with Crippen LogP contribution < -0.4 is 5.43 Å². The minimum absolute atomic E-state index is 0.165. The topological polar surface area (TPSA) is 17.1 Å². The van der Waals surface area contributed by atoms with Crippen molar-refractivity contribution < 1.29 is 0 Å². The van der Waals surface area contributed by atoms with Gasteiger partial charge in [0.05, 0.1) is 0 Å². The molecular formula is C16H14OS. The summed E-state index contributed by atoms with van der Waals surface area (Å²) in [5.41, 5.74) is 2.61. The van der Waals surface area contributed by atoms with Crippen molar-refractivity contribution >= 4 is 31.5 Å². The van der Waals surface area contributed by atoms with Crippen LogP contribution in [0.4, 0.5) is 0 Å². The molecule has 90 valence electrons. The van der Waals surface area contributed by atoms with E-state index < -0.39 is 0 Å². The molecule has 0 aliphatic heterocycles. The van der Waals surface area contributed by atoms with Crippen LogP contribution in [0.5, 0.6) is 0 Å². The zero-order valence-corrected chi connectivity index (χ0v) is 11.3. The Labute approximate surface area is 110 Å². The Morgan fingerprint density at radius 1 is 1.11 bits per heavy atom. The van der Waals surface area contributed by atoms with Crippen molar-refractivity contribution in [3.8, 4) is 0 Å². The molecule has 0 N–H and O–H groups in total. The molecule has 0 spiro atoms. The second-order valence-electron chi connectivity index (χ2n) is 4.58. The first-order valence-corrected chi connectivity index (χ1v) is 6.97. The Kier molecular flexibility index (Phi) is 2.67. The van der Waals surface area contributed by atoms with Gasteiger partial charge in [0.15, 0.2) is 5.43 Å². The van der Waals surface area contributed by atoms with Gasteiger partial charge in [-0.05, 0) is 37.1 Å². The summed E-state index contributed by atoms with van der Waals surface area (Å²) < 4.78 is 2.22. The normalized spacial score (nSPS) is 11.2. The molecule has 0 saturated heterocycles. The number of hydrogen-bond acceptors (Lipinski definition) is 2. The van der Waals surface area contributed by atoms with Crippen LogP contribution in [-0.2, 0) is 6.42 Å². The van der Waals surface area contributed by atoms with Crippen molar-refractivity contribution in [2.75, 3.05) is 0 Å². The van der Waals surface area contributed by atoms with Crippen molar-refractivity contribution in [1.82, 2.24) is 0 Å². The molecule has 0 aliphatic rings. The van der Waals surface area contributed by atoms with E-state index in [1.165, 1.54) is 11.1 Å². The van der Waals surface area contributed by atoms with Gasteiger partial charge in [-0.25, -0.2) is 0 Å². The summed E-state index contributed by atoms with van der Waals surface area (Å²) in [6, 6.07) is 12.1. The lowest BCUT2D eigenvalue weighted by Gasteiger charge is -2.07. The fourth-order valence-electron chi connectivity index (χ4n) is 2.40. The molecule has 1 aromatic heterocycles. The van der Waals surface area contributed by atoms with Gasteiger partial charge in [0.2, 0.25) is 0 Å².